The van der Waals surface area contributed by atoms with Crippen LogP contribution in [0.15, 0.2) is 42.9 Å². The first-order chi connectivity index (χ1) is 12.2. The SMILES string of the molecule is CO[C@H]1CN(C(=O)/C=C/c2cnc[nH]2)CC[C@@H]1Cc1ccc(C)cc1. The lowest BCUT2D eigenvalue weighted by atomic mass is 9.87. The summed E-state index contributed by atoms with van der Waals surface area (Å²) in [6.45, 7) is 3.50. The number of aryl methyl sites for hydroxylation is 1. The number of benzene rings is 1. The Kier molecular flexibility index (Phi) is 5.66. The fourth-order valence-corrected chi connectivity index (χ4v) is 3.32. The van der Waals surface area contributed by atoms with Crippen molar-refractivity contribution in [2.75, 3.05) is 20.2 Å². The number of ether oxygens (including phenoxy) is 1. The van der Waals surface area contributed by atoms with Crippen molar-refractivity contribution in [1.29, 1.82) is 0 Å². The van der Waals surface area contributed by atoms with Crippen LogP contribution >= 0.6 is 0 Å². The summed E-state index contributed by atoms with van der Waals surface area (Å²) in [5.74, 6) is 0.457. The molecule has 25 heavy (non-hydrogen) atoms. The highest BCUT2D eigenvalue weighted by Crippen LogP contribution is 2.24. The molecule has 5 heteroatoms. The van der Waals surface area contributed by atoms with Crippen molar-refractivity contribution in [3.63, 3.8) is 0 Å². The van der Waals surface area contributed by atoms with Gasteiger partial charge in [-0.3, -0.25) is 4.79 Å². The Morgan fingerprint density at radius 3 is 2.88 bits per heavy atom. The number of nitrogens with one attached hydrogen (secondary N) is 1. The highest BCUT2D eigenvalue weighted by Gasteiger charge is 2.30. The lowest BCUT2D eigenvalue weighted by Crippen LogP contribution is -2.47. The summed E-state index contributed by atoms with van der Waals surface area (Å²) in [5, 5.41) is 0. The Morgan fingerprint density at radius 2 is 2.20 bits per heavy atom. The molecule has 1 aromatic heterocycles. The van der Waals surface area contributed by atoms with Crippen molar-refractivity contribution >= 4 is 12.0 Å². The van der Waals surface area contributed by atoms with Crippen LogP contribution in [0.5, 0.6) is 0 Å². The van der Waals surface area contributed by atoms with Crippen LogP contribution in [0.3, 0.4) is 0 Å². The van der Waals surface area contributed by atoms with Crippen molar-refractivity contribution in [1.82, 2.24) is 14.9 Å². The molecule has 132 valence electrons. The molecule has 1 aliphatic rings. The van der Waals surface area contributed by atoms with Crippen LogP contribution in [-0.4, -0.2) is 47.1 Å². The normalized spacial score (nSPS) is 21.0. The lowest BCUT2D eigenvalue weighted by Gasteiger charge is -2.37. The predicted octanol–water partition coefficient (Wildman–Crippen LogP) is 2.84. The van der Waals surface area contributed by atoms with Gasteiger partial charge in [0.25, 0.3) is 0 Å². The van der Waals surface area contributed by atoms with Crippen molar-refractivity contribution < 1.29 is 9.53 Å². The van der Waals surface area contributed by atoms with Crippen LogP contribution in [0, 0.1) is 12.8 Å². The highest BCUT2D eigenvalue weighted by molar-refractivity contribution is 5.91. The molecule has 2 heterocycles. The summed E-state index contributed by atoms with van der Waals surface area (Å²) in [5.41, 5.74) is 3.43. The van der Waals surface area contributed by atoms with E-state index >= 15 is 0 Å². The summed E-state index contributed by atoms with van der Waals surface area (Å²) in [6, 6.07) is 8.67. The number of carbonyl (C=O) groups excluding carboxylic acids is 1. The quantitative estimate of drug-likeness (QED) is 0.852. The zero-order chi connectivity index (χ0) is 17.6. The van der Waals surface area contributed by atoms with E-state index in [9.17, 15) is 4.79 Å². The van der Waals surface area contributed by atoms with E-state index in [1.165, 1.54) is 11.1 Å². The molecule has 0 spiro atoms. The van der Waals surface area contributed by atoms with Crippen LogP contribution < -0.4 is 0 Å². The van der Waals surface area contributed by atoms with Crippen molar-refractivity contribution in [3.8, 4) is 0 Å². The van der Waals surface area contributed by atoms with Gasteiger partial charge in [0.2, 0.25) is 5.91 Å². The van der Waals surface area contributed by atoms with Gasteiger partial charge in [-0.25, -0.2) is 4.98 Å². The number of rotatable bonds is 5. The molecule has 0 aliphatic carbocycles. The zero-order valence-electron chi connectivity index (χ0n) is 14.8. The molecule has 1 amide bonds. The second-order valence-electron chi connectivity index (χ2n) is 6.64. The number of likely N-dealkylation sites (tertiary alicyclic amines) is 1. The van der Waals surface area contributed by atoms with Gasteiger partial charge in [-0.15, -0.1) is 0 Å². The zero-order valence-corrected chi connectivity index (χ0v) is 14.8. The van der Waals surface area contributed by atoms with Crippen molar-refractivity contribution in [2.45, 2.75) is 25.9 Å². The number of aromatic nitrogens is 2. The molecule has 1 saturated heterocycles. The molecule has 2 atom stereocenters. The molecular formula is C20H25N3O2. The largest absolute Gasteiger partial charge is 0.379 e. The van der Waals surface area contributed by atoms with Gasteiger partial charge in [0.05, 0.1) is 24.3 Å². The van der Waals surface area contributed by atoms with E-state index in [2.05, 4.69) is 41.2 Å². The minimum Gasteiger partial charge on any atom is -0.379 e. The molecule has 0 saturated carbocycles. The van der Waals surface area contributed by atoms with Crippen molar-refractivity contribution in [3.05, 3.63) is 59.7 Å². The lowest BCUT2D eigenvalue weighted by molar-refractivity contribution is -0.131. The van der Waals surface area contributed by atoms with Gasteiger partial charge in [-0.1, -0.05) is 29.8 Å². The van der Waals surface area contributed by atoms with E-state index in [-0.39, 0.29) is 12.0 Å². The molecular weight excluding hydrogens is 314 g/mol. The number of H-pyrrole nitrogens is 1. The number of piperidine rings is 1. The van der Waals surface area contributed by atoms with Gasteiger partial charge in [0, 0.05) is 26.3 Å². The average Bonchev–Trinajstić information content (AvgIpc) is 3.15. The van der Waals surface area contributed by atoms with E-state index in [4.69, 9.17) is 4.74 Å². The Bertz CT molecular complexity index is 707. The summed E-state index contributed by atoms with van der Waals surface area (Å²) < 4.78 is 5.70. The standard InChI is InChI=1S/C20H25N3O2/c1-15-3-5-16(6-4-15)11-17-9-10-23(13-19(17)25-2)20(24)8-7-18-12-21-14-22-18/h3-8,12,14,17,19H,9-11,13H2,1-2H3,(H,21,22)/b8-7+/t17-,19+/m1/s1. The minimum atomic E-state index is 0.0189. The van der Waals surface area contributed by atoms with Crippen LogP contribution in [0.25, 0.3) is 6.08 Å². The fourth-order valence-electron chi connectivity index (χ4n) is 3.32. The Hall–Kier alpha value is -2.40. The maximum Gasteiger partial charge on any atom is 0.246 e. The second-order valence-corrected chi connectivity index (χ2v) is 6.64. The number of nitrogens with zero attached hydrogens (tertiary/aromatic N) is 2. The van der Waals surface area contributed by atoms with E-state index in [0.717, 1.165) is 25.1 Å². The van der Waals surface area contributed by atoms with Gasteiger partial charge in [-0.05, 0) is 37.3 Å². The van der Waals surface area contributed by atoms with Crippen LogP contribution in [0.4, 0.5) is 0 Å². The molecule has 3 rings (SSSR count). The van der Waals surface area contributed by atoms with Crippen LogP contribution in [0.2, 0.25) is 0 Å². The monoisotopic (exact) mass is 339 g/mol. The Balaban J connectivity index is 1.59. The molecule has 1 aliphatic heterocycles. The number of methoxy groups -OCH3 is 1. The number of hydrogen-bond acceptors (Lipinski definition) is 3. The molecule has 0 radical (unpaired) electrons. The first kappa shape index (κ1) is 17.4. The minimum absolute atomic E-state index is 0.0189. The molecule has 1 aromatic carbocycles. The smallest absolute Gasteiger partial charge is 0.246 e. The second kappa shape index (κ2) is 8.12. The molecule has 1 N–H and O–H groups in total. The van der Waals surface area contributed by atoms with Gasteiger partial charge in [-0.2, -0.15) is 0 Å². The van der Waals surface area contributed by atoms with Crippen molar-refractivity contribution in [2.24, 2.45) is 5.92 Å². The van der Waals surface area contributed by atoms with E-state index in [1.807, 2.05) is 4.90 Å². The summed E-state index contributed by atoms with van der Waals surface area (Å²) in [4.78, 5) is 21.2. The molecule has 0 unspecified atom stereocenters. The summed E-state index contributed by atoms with van der Waals surface area (Å²) >= 11 is 0. The Morgan fingerprint density at radius 1 is 1.40 bits per heavy atom. The van der Waals surface area contributed by atoms with Gasteiger partial charge < -0.3 is 14.6 Å². The third kappa shape index (κ3) is 4.57. The van der Waals surface area contributed by atoms with Gasteiger partial charge in [0.15, 0.2) is 0 Å². The van der Waals surface area contributed by atoms with Gasteiger partial charge in [0.1, 0.15) is 0 Å². The number of aromatic amines is 1. The predicted molar refractivity (Wildman–Crippen MR) is 98.0 cm³/mol. The highest BCUT2D eigenvalue weighted by atomic mass is 16.5. The summed E-state index contributed by atoms with van der Waals surface area (Å²) in [7, 11) is 1.74. The fraction of sp³-hybridized carbons (Fsp3) is 0.400. The third-order valence-corrected chi connectivity index (χ3v) is 4.85. The maximum atomic E-state index is 12.4. The molecule has 2 aromatic rings. The maximum absolute atomic E-state index is 12.4. The van der Waals surface area contributed by atoms with E-state index in [1.54, 1.807) is 31.8 Å². The van der Waals surface area contributed by atoms with Crippen LogP contribution in [-0.2, 0) is 16.0 Å². The first-order valence-electron chi connectivity index (χ1n) is 8.69. The first-order valence-corrected chi connectivity index (χ1v) is 8.69. The van der Waals surface area contributed by atoms with E-state index in [0.29, 0.717) is 12.5 Å². The van der Waals surface area contributed by atoms with E-state index < -0.39 is 0 Å². The van der Waals surface area contributed by atoms with Crippen LogP contribution in [0.1, 0.15) is 23.2 Å². The van der Waals surface area contributed by atoms with Gasteiger partial charge >= 0.3 is 0 Å². The number of carbonyl (C=O) groups is 1. The number of hydrogen-bond donors (Lipinski definition) is 1. The molecule has 1 fully saturated rings. The number of imidazole rings is 1. The Labute approximate surface area is 148 Å². The molecule has 0 bridgehead atoms. The molecule has 5 nitrogen and oxygen atoms in total. The average molecular weight is 339 g/mol. The third-order valence-electron chi connectivity index (χ3n) is 4.85. The topological polar surface area (TPSA) is 58.2 Å². The number of amides is 1. The summed E-state index contributed by atoms with van der Waals surface area (Å²) in [6.07, 6.45) is 8.66.